The highest BCUT2D eigenvalue weighted by molar-refractivity contribution is 5.84. The van der Waals surface area contributed by atoms with Crippen LogP contribution in [0.1, 0.15) is 43.5 Å². The number of carboxylic acid groups (broad SMARTS) is 1. The van der Waals surface area contributed by atoms with E-state index in [-0.39, 0.29) is 11.9 Å². The maximum atomic E-state index is 11.7. The second-order valence-electron chi connectivity index (χ2n) is 5.12. The first-order chi connectivity index (χ1) is 8.75. The highest BCUT2D eigenvalue weighted by Gasteiger charge is 2.32. The summed E-state index contributed by atoms with van der Waals surface area (Å²) in [6, 6.07) is 4.50. The molecule has 0 radical (unpaired) electrons. The van der Waals surface area contributed by atoms with Gasteiger partial charge in [-0.1, -0.05) is 23.8 Å². The molecule has 0 spiro atoms. The van der Waals surface area contributed by atoms with E-state index < -0.39 is 12.0 Å². The first-order valence-electron chi connectivity index (χ1n) is 6.34. The molecule has 0 aliphatic carbocycles. The zero-order valence-corrected chi connectivity index (χ0v) is 12.1. The van der Waals surface area contributed by atoms with Gasteiger partial charge in [0.05, 0.1) is 0 Å². The summed E-state index contributed by atoms with van der Waals surface area (Å²) in [7, 11) is 0. The smallest absolute Gasteiger partial charge is 0.331 e. The van der Waals surface area contributed by atoms with E-state index in [2.05, 4.69) is 0 Å². The quantitative estimate of drug-likeness (QED) is 0.908. The monoisotopic (exact) mass is 263 g/mol. The number of aliphatic carboxylic acids is 1. The van der Waals surface area contributed by atoms with Gasteiger partial charge in [-0.05, 0) is 38.8 Å². The molecule has 0 heterocycles. The van der Waals surface area contributed by atoms with Crippen molar-refractivity contribution in [3.63, 3.8) is 0 Å². The largest absolute Gasteiger partial charge is 0.479 e. The fraction of sp³-hybridized carbons (Fsp3) is 0.467. The third-order valence-corrected chi connectivity index (χ3v) is 3.15. The van der Waals surface area contributed by atoms with Crippen molar-refractivity contribution in [2.45, 2.75) is 46.7 Å². The Morgan fingerprint density at radius 1 is 1.21 bits per heavy atom. The minimum Gasteiger partial charge on any atom is -0.479 e. The number of carboxylic acids is 1. The van der Waals surface area contributed by atoms with Crippen LogP contribution >= 0.6 is 0 Å². The van der Waals surface area contributed by atoms with Gasteiger partial charge in [0.1, 0.15) is 0 Å². The molecule has 1 atom stereocenters. The molecule has 0 aliphatic rings. The topological polar surface area (TPSA) is 57.6 Å². The minimum absolute atomic E-state index is 0.167. The predicted octanol–water partition coefficient (Wildman–Crippen LogP) is 2.69. The lowest BCUT2D eigenvalue weighted by atomic mass is 9.97. The summed E-state index contributed by atoms with van der Waals surface area (Å²) < 4.78 is 0. The van der Waals surface area contributed by atoms with E-state index in [1.807, 2.05) is 39.8 Å². The maximum absolute atomic E-state index is 11.7. The summed E-state index contributed by atoms with van der Waals surface area (Å²) in [5, 5.41) is 9.49. The summed E-state index contributed by atoms with van der Waals surface area (Å²) in [4.78, 5) is 24.7. The van der Waals surface area contributed by atoms with Gasteiger partial charge in [-0.15, -0.1) is 0 Å². The normalized spacial score (nSPS) is 12.3. The summed E-state index contributed by atoms with van der Waals surface area (Å²) in [6.45, 7) is 8.87. The van der Waals surface area contributed by atoms with Crippen LogP contribution in [-0.4, -0.2) is 27.9 Å². The Labute approximate surface area is 114 Å². The third kappa shape index (κ3) is 3.34. The Morgan fingerprint density at radius 3 is 2.16 bits per heavy atom. The highest BCUT2D eigenvalue weighted by Crippen LogP contribution is 2.27. The number of carbonyl (C=O) groups excluding carboxylic acids is 1. The Balaban J connectivity index is 3.34. The van der Waals surface area contributed by atoms with Gasteiger partial charge in [0.25, 0.3) is 0 Å². The molecule has 1 aromatic carbocycles. The zero-order chi connectivity index (χ0) is 14.7. The van der Waals surface area contributed by atoms with Crippen molar-refractivity contribution in [2.75, 3.05) is 0 Å². The molecule has 1 amide bonds. The lowest BCUT2D eigenvalue weighted by molar-refractivity contribution is -0.151. The molecular weight excluding hydrogens is 242 g/mol. The Kier molecular flexibility index (Phi) is 4.70. The van der Waals surface area contributed by atoms with E-state index in [0.29, 0.717) is 5.56 Å². The first kappa shape index (κ1) is 15.2. The predicted molar refractivity (Wildman–Crippen MR) is 73.9 cm³/mol. The third-order valence-electron chi connectivity index (χ3n) is 3.15. The number of hydrogen-bond acceptors (Lipinski definition) is 2. The Bertz CT molecular complexity index is 494. The fourth-order valence-corrected chi connectivity index (χ4v) is 2.38. The second kappa shape index (κ2) is 5.87. The highest BCUT2D eigenvalue weighted by atomic mass is 16.4. The number of hydrogen-bond donors (Lipinski definition) is 1. The molecule has 0 bridgehead atoms. The van der Waals surface area contributed by atoms with Crippen LogP contribution in [0.5, 0.6) is 0 Å². The van der Waals surface area contributed by atoms with Crippen molar-refractivity contribution in [1.82, 2.24) is 4.90 Å². The molecule has 4 nitrogen and oxygen atoms in total. The lowest BCUT2D eigenvalue weighted by Gasteiger charge is -2.32. The molecule has 0 aromatic heterocycles. The van der Waals surface area contributed by atoms with Crippen molar-refractivity contribution in [2.24, 2.45) is 0 Å². The van der Waals surface area contributed by atoms with Crippen molar-refractivity contribution < 1.29 is 14.7 Å². The summed E-state index contributed by atoms with van der Waals surface area (Å²) in [5.74, 6) is -1.24. The average Bonchev–Trinajstić information content (AvgIpc) is 2.25. The first-order valence-corrected chi connectivity index (χ1v) is 6.34. The number of rotatable bonds is 4. The van der Waals surface area contributed by atoms with Gasteiger partial charge in [-0.3, -0.25) is 4.79 Å². The molecule has 4 heteroatoms. The summed E-state index contributed by atoms with van der Waals surface area (Å²) >= 11 is 0. The molecule has 0 fully saturated rings. The summed E-state index contributed by atoms with van der Waals surface area (Å²) in [6.07, 6.45) is 0. The van der Waals surface area contributed by atoms with Gasteiger partial charge in [-0.2, -0.15) is 0 Å². The van der Waals surface area contributed by atoms with E-state index in [1.165, 1.54) is 11.8 Å². The van der Waals surface area contributed by atoms with E-state index in [9.17, 15) is 14.7 Å². The molecule has 0 saturated heterocycles. The molecule has 19 heavy (non-hydrogen) atoms. The lowest BCUT2D eigenvalue weighted by Crippen LogP contribution is -2.42. The zero-order valence-electron chi connectivity index (χ0n) is 12.1. The number of carbonyl (C=O) groups is 2. The molecule has 0 aliphatic heterocycles. The number of benzene rings is 1. The van der Waals surface area contributed by atoms with Crippen LogP contribution in [0.25, 0.3) is 0 Å². The number of amides is 1. The van der Waals surface area contributed by atoms with Crippen molar-refractivity contribution >= 4 is 11.9 Å². The van der Waals surface area contributed by atoms with Crippen LogP contribution in [0.15, 0.2) is 18.2 Å². The molecule has 1 rings (SSSR count). The molecule has 1 unspecified atom stereocenters. The van der Waals surface area contributed by atoms with Gasteiger partial charge in [0, 0.05) is 13.0 Å². The number of aryl methyl sites for hydroxylation is 2. The van der Waals surface area contributed by atoms with Gasteiger partial charge >= 0.3 is 5.97 Å². The second-order valence-corrected chi connectivity index (χ2v) is 5.12. The van der Waals surface area contributed by atoms with E-state index >= 15 is 0 Å². The van der Waals surface area contributed by atoms with Crippen LogP contribution < -0.4 is 0 Å². The van der Waals surface area contributed by atoms with Gasteiger partial charge in [0.2, 0.25) is 5.91 Å². The minimum atomic E-state index is -1.00. The van der Waals surface area contributed by atoms with E-state index in [0.717, 1.165) is 11.1 Å². The van der Waals surface area contributed by atoms with Gasteiger partial charge < -0.3 is 10.0 Å². The van der Waals surface area contributed by atoms with Crippen molar-refractivity contribution in [3.05, 3.63) is 34.9 Å². The van der Waals surface area contributed by atoms with Crippen LogP contribution in [0, 0.1) is 13.8 Å². The molecule has 1 N–H and O–H groups in total. The van der Waals surface area contributed by atoms with E-state index in [1.54, 1.807) is 6.07 Å². The van der Waals surface area contributed by atoms with Gasteiger partial charge in [0.15, 0.2) is 6.04 Å². The van der Waals surface area contributed by atoms with Crippen LogP contribution in [0.3, 0.4) is 0 Å². The average molecular weight is 263 g/mol. The van der Waals surface area contributed by atoms with Crippen LogP contribution in [0.2, 0.25) is 0 Å². The molecular formula is C15H21NO3. The van der Waals surface area contributed by atoms with E-state index in [4.69, 9.17) is 0 Å². The standard InChI is InChI=1S/C15H21NO3/c1-9(2)16(12(5)17)14(15(18)19)13-7-6-10(3)8-11(13)4/h6-9,14H,1-5H3,(H,18,19). The Morgan fingerprint density at radius 2 is 1.79 bits per heavy atom. The fourth-order valence-electron chi connectivity index (χ4n) is 2.38. The maximum Gasteiger partial charge on any atom is 0.331 e. The molecule has 0 saturated carbocycles. The molecule has 104 valence electrons. The SMILES string of the molecule is CC(=O)N(C(C)C)C(C(=O)O)c1ccc(C)cc1C. The Hall–Kier alpha value is -1.84. The van der Waals surface area contributed by atoms with Crippen molar-refractivity contribution in [3.8, 4) is 0 Å². The van der Waals surface area contributed by atoms with Crippen LogP contribution in [-0.2, 0) is 9.59 Å². The van der Waals surface area contributed by atoms with Crippen LogP contribution in [0.4, 0.5) is 0 Å². The molecule has 1 aromatic rings. The van der Waals surface area contributed by atoms with Crippen molar-refractivity contribution in [1.29, 1.82) is 0 Å². The summed E-state index contributed by atoms with van der Waals surface area (Å²) in [5.41, 5.74) is 2.63. The van der Waals surface area contributed by atoms with Gasteiger partial charge in [-0.25, -0.2) is 4.79 Å². The number of nitrogens with zero attached hydrogens (tertiary/aromatic N) is 1.